The number of pyridine rings is 1. The first-order chi connectivity index (χ1) is 6.83. The van der Waals surface area contributed by atoms with Crippen LogP contribution in [0.2, 0.25) is 0 Å². The van der Waals surface area contributed by atoms with Crippen LogP contribution in [-0.2, 0) is 0 Å². The molecule has 0 aliphatic heterocycles. The molecule has 0 saturated heterocycles. The van der Waals surface area contributed by atoms with E-state index in [-0.39, 0.29) is 0 Å². The minimum Gasteiger partial charge on any atom is -0.376 e. The van der Waals surface area contributed by atoms with Gasteiger partial charge in [-0.3, -0.25) is 4.98 Å². The molecule has 0 aliphatic rings. The smallest absolute Gasteiger partial charge is 0.140 e. The Labute approximate surface area is 82.2 Å². The number of para-hydroxylation sites is 1. The fraction of sp³-hybridized carbons (Fsp3) is 0.0833. The fourth-order valence-corrected chi connectivity index (χ4v) is 1.45. The van der Waals surface area contributed by atoms with Crippen LogP contribution in [0.25, 0.3) is 10.9 Å². The molecule has 2 nitrogen and oxygen atoms in total. The Morgan fingerprint density at radius 1 is 1.29 bits per heavy atom. The van der Waals surface area contributed by atoms with E-state index >= 15 is 0 Å². The maximum atomic E-state index is 9.56. The first-order valence-corrected chi connectivity index (χ1v) is 4.31. The predicted molar refractivity (Wildman–Crippen MR) is 55.5 cm³/mol. The zero-order valence-corrected chi connectivity index (χ0v) is 7.51. The van der Waals surface area contributed by atoms with Crippen molar-refractivity contribution in [1.82, 2.24) is 4.98 Å². The van der Waals surface area contributed by atoms with Crippen molar-refractivity contribution >= 4 is 10.9 Å². The van der Waals surface area contributed by atoms with Gasteiger partial charge in [-0.15, -0.1) is 6.42 Å². The monoisotopic (exact) mass is 183 g/mol. The van der Waals surface area contributed by atoms with Crippen LogP contribution in [0.3, 0.4) is 0 Å². The predicted octanol–water partition coefficient (Wildman–Crippen LogP) is 1.90. The molecule has 0 amide bonds. The summed E-state index contributed by atoms with van der Waals surface area (Å²) in [5.41, 5.74) is 1.58. The standard InChI is InChI=1S/C12H9NO/c1-2-12(14)10-7-8-13-11-6-4-3-5-9(10)11/h1,3-8,12,14H. The highest BCUT2D eigenvalue weighted by molar-refractivity contribution is 5.82. The number of fused-ring (bicyclic) bond motifs is 1. The third-order valence-electron chi connectivity index (χ3n) is 2.14. The SMILES string of the molecule is C#CC(O)c1ccnc2ccccc12. The van der Waals surface area contributed by atoms with E-state index in [1.54, 1.807) is 12.3 Å². The van der Waals surface area contributed by atoms with Crippen LogP contribution in [0.5, 0.6) is 0 Å². The molecule has 0 radical (unpaired) electrons. The summed E-state index contributed by atoms with van der Waals surface area (Å²) in [6.45, 7) is 0. The first-order valence-electron chi connectivity index (χ1n) is 4.31. The second kappa shape index (κ2) is 3.49. The largest absolute Gasteiger partial charge is 0.376 e. The van der Waals surface area contributed by atoms with E-state index in [1.807, 2.05) is 24.3 Å². The van der Waals surface area contributed by atoms with Gasteiger partial charge in [0.1, 0.15) is 6.10 Å². The number of nitrogens with zero attached hydrogens (tertiary/aromatic N) is 1. The summed E-state index contributed by atoms with van der Waals surface area (Å²) in [6.07, 6.45) is 5.97. The molecular weight excluding hydrogens is 174 g/mol. The molecule has 0 fully saturated rings. The molecule has 1 atom stereocenters. The number of terminal acetylenes is 1. The van der Waals surface area contributed by atoms with E-state index in [1.165, 1.54) is 0 Å². The molecule has 0 spiro atoms. The highest BCUT2D eigenvalue weighted by Crippen LogP contribution is 2.21. The number of aromatic nitrogens is 1. The normalized spacial score (nSPS) is 12.3. The summed E-state index contributed by atoms with van der Waals surface area (Å²) < 4.78 is 0. The van der Waals surface area contributed by atoms with Crippen molar-refractivity contribution in [2.45, 2.75) is 6.10 Å². The van der Waals surface area contributed by atoms with Gasteiger partial charge < -0.3 is 5.11 Å². The summed E-state index contributed by atoms with van der Waals surface area (Å²) in [7, 11) is 0. The van der Waals surface area contributed by atoms with Crippen LogP contribution < -0.4 is 0 Å². The third-order valence-corrected chi connectivity index (χ3v) is 2.14. The molecule has 0 aliphatic carbocycles. The van der Waals surface area contributed by atoms with E-state index in [4.69, 9.17) is 6.42 Å². The van der Waals surface area contributed by atoms with E-state index in [0.717, 1.165) is 16.5 Å². The van der Waals surface area contributed by atoms with Crippen molar-refractivity contribution in [3.05, 3.63) is 42.1 Å². The molecule has 0 saturated carbocycles. The maximum Gasteiger partial charge on any atom is 0.140 e. The molecule has 14 heavy (non-hydrogen) atoms. The zero-order chi connectivity index (χ0) is 9.97. The first kappa shape index (κ1) is 8.74. The van der Waals surface area contributed by atoms with Crippen LogP contribution in [0, 0.1) is 12.3 Å². The molecule has 0 bridgehead atoms. The minimum atomic E-state index is -0.858. The van der Waals surface area contributed by atoms with Crippen molar-refractivity contribution in [2.75, 3.05) is 0 Å². The summed E-state index contributed by atoms with van der Waals surface area (Å²) in [4.78, 5) is 4.18. The van der Waals surface area contributed by atoms with Crippen molar-refractivity contribution in [3.8, 4) is 12.3 Å². The van der Waals surface area contributed by atoms with E-state index in [9.17, 15) is 5.11 Å². The van der Waals surface area contributed by atoms with Crippen LogP contribution >= 0.6 is 0 Å². The van der Waals surface area contributed by atoms with Gasteiger partial charge in [-0.1, -0.05) is 24.1 Å². The highest BCUT2D eigenvalue weighted by Gasteiger charge is 2.07. The van der Waals surface area contributed by atoms with Gasteiger partial charge in [0.15, 0.2) is 0 Å². The number of hydrogen-bond donors (Lipinski definition) is 1. The highest BCUT2D eigenvalue weighted by atomic mass is 16.3. The molecule has 1 heterocycles. The van der Waals surface area contributed by atoms with Crippen LogP contribution in [0.4, 0.5) is 0 Å². The molecule has 2 aromatic rings. The maximum absolute atomic E-state index is 9.56. The Bertz CT molecular complexity index is 494. The Balaban J connectivity index is 2.72. The van der Waals surface area contributed by atoms with Gasteiger partial charge in [0.05, 0.1) is 5.52 Å². The summed E-state index contributed by atoms with van der Waals surface area (Å²) in [5, 5.41) is 10.5. The number of hydrogen-bond acceptors (Lipinski definition) is 2. The van der Waals surface area contributed by atoms with Gasteiger partial charge in [-0.05, 0) is 12.1 Å². The molecule has 2 heteroatoms. The molecule has 1 aromatic heterocycles. The summed E-state index contributed by atoms with van der Waals surface area (Å²) in [5.74, 6) is 2.30. The van der Waals surface area contributed by atoms with Crippen molar-refractivity contribution < 1.29 is 5.11 Å². The zero-order valence-electron chi connectivity index (χ0n) is 7.51. The van der Waals surface area contributed by atoms with Crippen LogP contribution in [-0.4, -0.2) is 10.1 Å². The molecule has 1 N–H and O–H groups in total. The van der Waals surface area contributed by atoms with Gasteiger partial charge in [0.25, 0.3) is 0 Å². The Morgan fingerprint density at radius 2 is 2.07 bits per heavy atom. The fourth-order valence-electron chi connectivity index (χ4n) is 1.45. The topological polar surface area (TPSA) is 33.1 Å². The van der Waals surface area contributed by atoms with Gasteiger partial charge in [0.2, 0.25) is 0 Å². The lowest BCUT2D eigenvalue weighted by Gasteiger charge is -2.06. The van der Waals surface area contributed by atoms with E-state index < -0.39 is 6.10 Å². The quantitative estimate of drug-likeness (QED) is 0.685. The average molecular weight is 183 g/mol. The van der Waals surface area contributed by atoms with Crippen molar-refractivity contribution in [3.63, 3.8) is 0 Å². The van der Waals surface area contributed by atoms with Gasteiger partial charge in [-0.25, -0.2) is 0 Å². The van der Waals surface area contributed by atoms with Crippen LogP contribution in [0.15, 0.2) is 36.5 Å². The molecule has 68 valence electrons. The summed E-state index contributed by atoms with van der Waals surface area (Å²) in [6, 6.07) is 9.34. The third kappa shape index (κ3) is 1.34. The second-order valence-electron chi connectivity index (χ2n) is 2.99. The second-order valence-corrected chi connectivity index (χ2v) is 2.99. The van der Waals surface area contributed by atoms with Crippen molar-refractivity contribution in [2.24, 2.45) is 0 Å². The van der Waals surface area contributed by atoms with Crippen LogP contribution in [0.1, 0.15) is 11.7 Å². The van der Waals surface area contributed by atoms with Gasteiger partial charge in [0, 0.05) is 17.1 Å². The van der Waals surface area contributed by atoms with E-state index in [0.29, 0.717) is 0 Å². The lowest BCUT2D eigenvalue weighted by Crippen LogP contribution is -1.95. The Morgan fingerprint density at radius 3 is 2.86 bits per heavy atom. The molecule has 2 rings (SSSR count). The summed E-state index contributed by atoms with van der Waals surface area (Å²) >= 11 is 0. The number of benzene rings is 1. The lowest BCUT2D eigenvalue weighted by molar-refractivity contribution is 0.240. The van der Waals surface area contributed by atoms with Gasteiger partial charge in [-0.2, -0.15) is 0 Å². The molecule has 1 aromatic carbocycles. The lowest BCUT2D eigenvalue weighted by atomic mass is 10.1. The minimum absolute atomic E-state index is 0.734. The van der Waals surface area contributed by atoms with E-state index in [2.05, 4.69) is 10.9 Å². The number of aliphatic hydroxyl groups is 1. The number of aliphatic hydroxyl groups excluding tert-OH is 1. The molecule has 1 unspecified atom stereocenters. The number of rotatable bonds is 1. The molecular formula is C12H9NO. The van der Waals surface area contributed by atoms with Crippen molar-refractivity contribution in [1.29, 1.82) is 0 Å². The Hall–Kier alpha value is -1.85. The average Bonchev–Trinajstić information content (AvgIpc) is 2.27. The van der Waals surface area contributed by atoms with Gasteiger partial charge >= 0.3 is 0 Å². The Kier molecular flexibility index (Phi) is 2.18.